The van der Waals surface area contributed by atoms with Gasteiger partial charge in [0, 0.05) is 0 Å². The van der Waals surface area contributed by atoms with Crippen molar-refractivity contribution in [1.29, 1.82) is 0 Å². The molecule has 1 fully saturated rings. The Morgan fingerprint density at radius 2 is 2.00 bits per heavy atom. The van der Waals surface area contributed by atoms with Crippen LogP contribution in [0.4, 0.5) is 10.1 Å². The lowest BCUT2D eigenvalue weighted by Crippen LogP contribution is -2.41. The van der Waals surface area contributed by atoms with Crippen molar-refractivity contribution in [3.05, 3.63) is 29.6 Å². The minimum Gasteiger partial charge on any atom is -0.481 e. The van der Waals surface area contributed by atoms with Crippen molar-refractivity contribution < 1.29 is 19.1 Å². The number of rotatable bonds is 3. The molecule has 1 aromatic rings. The van der Waals surface area contributed by atoms with Crippen LogP contribution in [0.25, 0.3) is 0 Å². The van der Waals surface area contributed by atoms with Gasteiger partial charge in [-0.2, -0.15) is 0 Å². The van der Waals surface area contributed by atoms with Crippen molar-refractivity contribution in [3.8, 4) is 0 Å². The Kier molecular flexibility index (Phi) is 3.32. The summed E-state index contributed by atoms with van der Waals surface area (Å²) in [7, 11) is 0. The van der Waals surface area contributed by atoms with Gasteiger partial charge in [0.1, 0.15) is 5.82 Å². The van der Waals surface area contributed by atoms with E-state index in [2.05, 4.69) is 5.32 Å². The molecule has 1 aromatic carbocycles. The van der Waals surface area contributed by atoms with Gasteiger partial charge in [-0.1, -0.05) is 12.1 Å². The molecule has 5 heteroatoms. The summed E-state index contributed by atoms with van der Waals surface area (Å²) in [5.41, 5.74) is 0.757. The van der Waals surface area contributed by atoms with Gasteiger partial charge < -0.3 is 10.4 Å². The molecule has 2 rings (SSSR count). The third-order valence-corrected chi connectivity index (χ3v) is 3.40. The maximum absolute atomic E-state index is 13.5. The van der Waals surface area contributed by atoms with E-state index in [9.17, 15) is 14.0 Å². The first-order valence-electron chi connectivity index (χ1n) is 5.79. The molecule has 0 aromatic heterocycles. The molecule has 2 N–H and O–H groups in total. The summed E-state index contributed by atoms with van der Waals surface area (Å²) in [5, 5.41) is 11.4. The minimum absolute atomic E-state index is 0.138. The number of benzene rings is 1. The summed E-state index contributed by atoms with van der Waals surface area (Å²) in [6.07, 6.45) is 1.04. The van der Waals surface area contributed by atoms with Crippen LogP contribution in [0, 0.1) is 24.6 Å². The Morgan fingerprint density at radius 3 is 2.50 bits per heavy atom. The molecule has 1 aliphatic carbocycles. The normalized spacial score (nSPS) is 22.1. The molecule has 0 spiro atoms. The fourth-order valence-corrected chi connectivity index (χ4v) is 2.12. The molecule has 4 nitrogen and oxygen atoms in total. The molecule has 18 heavy (non-hydrogen) atoms. The second kappa shape index (κ2) is 4.76. The molecule has 1 amide bonds. The lowest BCUT2D eigenvalue weighted by atomic mass is 9.73. The van der Waals surface area contributed by atoms with Crippen molar-refractivity contribution in [1.82, 2.24) is 0 Å². The molecular weight excluding hydrogens is 237 g/mol. The highest BCUT2D eigenvalue weighted by Crippen LogP contribution is 2.35. The van der Waals surface area contributed by atoms with Crippen molar-refractivity contribution in [2.75, 3.05) is 5.32 Å². The van der Waals surface area contributed by atoms with Gasteiger partial charge in [-0.05, 0) is 31.4 Å². The van der Waals surface area contributed by atoms with E-state index < -0.39 is 29.5 Å². The van der Waals surface area contributed by atoms with Crippen LogP contribution in [0.1, 0.15) is 18.4 Å². The van der Waals surface area contributed by atoms with Crippen LogP contribution in [-0.2, 0) is 9.59 Å². The average Bonchev–Trinajstić information content (AvgIpc) is 2.21. The fourth-order valence-electron chi connectivity index (χ4n) is 2.12. The summed E-state index contributed by atoms with van der Waals surface area (Å²) >= 11 is 0. The van der Waals surface area contributed by atoms with Crippen LogP contribution in [0.5, 0.6) is 0 Å². The third-order valence-electron chi connectivity index (χ3n) is 3.40. The molecule has 2 atom stereocenters. The van der Waals surface area contributed by atoms with E-state index in [1.807, 2.05) is 0 Å². The smallest absolute Gasteiger partial charge is 0.307 e. The number of hydrogen-bond acceptors (Lipinski definition) is 2. The lowest BCUT2D eigenvalue weighted by Gasteiger charge is -2.32. The number of carbonyl (C=O) groups is 2. The van der Waals surface area contributed by atoms with Gasteiger partial charge in [-0.25, -0.2) is 4.39 Å². The van der Waals surface area contributed by atoms with E-state index in [0.29, 0.717) is 18.4 Å². The minimum atomic E-state index is -0.966. The Labute approximate surface area is 104 Å². The van der Waals surface area contributed by atoms with Crippen LogP contribution < -0.4 is 5.32 Å². The zero-order valence-corrected chi connectivity index (χ0v) is 9.94. The summed E-state index contributed by atoms with van der Waals surface area (Å²) in [5.74, 6) is -3.08. The van der Waals surface area contributed by atoms with E-state index >= 15 is 0 Å². The molecule has 0 saturated heterocycles. The number of halogens is 1. The highest BCUT2D eigenvalue weighted by molar-refractivity contribution is 5.96. The van der Waals surface area contributed by atoms with Crippen LogP contribution in [0.3, 0.4) is 0 Å². The maximum Gasteiger partial charge on any atom is 0.307 e. The molecule has 96 valence electrons. The van der Waals surface area contributed by atoms with Crippen LogP contribution in [0.15, 0.2) is 18.2 Å². The second-order valence-electron chi connectivity index (χ2n) is 4.55. The summed E-state index contributed by atoms with van der Waals surface area (Å²) < 4.78 is 13.5. The zero-order valence-electron chi connectivity index (χ0n) is 9.94. The van der Waals surface area contributed by atoms with Crippen molar-refractivity contribution >= 4 is 17.6 Å². The summed E-state index contributed by atoms with van der Waals surface area (Å²) in [6.45, 7) is 1.69. The largest absolute Gasteiger partial charge is 0.481 e. The van der Waals surface area contributed by atoms with Crippen molar-refractivity contribution in [3.63, 3.8) is 0 Å². The van der Waals surface area contributed by atoms with E-state index in [1.54, 1.807) is 19.1 Å². The predicted molar refractivity (Wildman–Crippen MR) is 63.6 cm³/mol. The molecular formula is C13H14FNO3. The number of aliphatic carboxylic acids is 1. The van der Waals surface area contributed by atoms with E-state index in [0.717, 1.165) is 0 Å². The van der Waals surface area contributed by atoms with Gasteiger partial charge in [0.15, 0.2) is 0 Å². The standard InChI is InChI=1S/C13H14FNO3/c1-7-3-2-4-10(14)11(7)15-12(16)8-5-6-9(8)13(17)18/h2-4,8-9H,5-6H2,1H3,(H,15,16)(H,17,18). The van der Waals surface area contributed by atoms with Gasteiger partial charge in [-0.15, -0.1) is 0 Å². The number of aryl methyl sites for hydroxylation is 1. The Balaban J connectivity index is 2.10. The number of carboxylic acid groups (broad SMARTS) is 1. The molecule has 0 radical (unpaired) electrons. The summed E-state index contributed by atoms with van der Waals surface area (Å²) in [6, 6.07) is 4.51. The molecule has 0 bridgehead atoms. The zero-order chi connectivity index (χ0) is 13.3. The fraction of sp³-hybridized carbons (Fsp3) is 0.385. The first-order valence-corrected chi connectivity index (χ1v) is 5.79. The van der Waals surface area contributed by atoms with Crippen LogP contribution in [0.2, 0.25) is 0 Å². The Bertz CT molecular complexity index is 481. The van der Waals surface area contributed by atoms with Gasteiger partial charge in [0.2, 0.25) is 5.91 Å². The number of carbonyl (C=O) groups excluding carboxylic acids is 1. The van der Waals surface area contributed by atoms with Gasteiger partial charge in [0.05, 0.1) is 17.5 Å². The van der Waals surface area contributed by atoms with Crippen LogP contribution >= 0.6 is 0 Å². The first-order chi connectivity index (χ1) is 8.50. The topological polar surface area (TPSA) is 66.4 Å². The SMILES string of the molecule is Cc1cccc(F)c1NC(=O)C1CCC1C(=O)O. The van der Waals surface area contributed by atoms with E-state index in [4.69, 9.17) is 5.11 Å². The average molecular weight is 251 g/mol. The first kappa shape index (κ1) is 12.5. The molecule has 2 unspecified atom stereocenters. The highest BCUT2D eigenvalue weighted by atomic mass is 19.1. The predicted octanol–water partition coefficient (Wildman–Crippen LogP) is 2.18. The molecule has 0 heterocycles. The molecule has 0 aliphatic heterocycles. The van der Waals surface area contributed by atoms with Gasteiger partial charge >= 0.3 is 5.97 Å². The number of carboxylic acids is 1. The Hall–Kier alpha value is -1.91. The highest BCUT2D eigenvalue weighted by Gasteiger charge is 2.41. The molecule has 1 aliphatic rings. The van der Waals surface area contributed by atoms with Crippen molar-refractivity contribution in [2.24, 2.45) is 11.8 Å². The quantitative estimate of drug-likeness (QED) is 0.865. The van der Waals surface area contributed by atoms with E-state index in [1.165, 1.54) is 6.07 Å². The third kappa shape index (κ3) is 2.20. The second-order valence-corrected chi connectivity index (χ2v) is 4.55. The lowest BCUT2D eigenvalue weighted by molar-refractivity contribution is -0.151. The number of hydrogen-bond donors (Lipinski definition) is 2. The van der Waals surface area contributed by atoms with Crippen LogP contribution in [-0.4, -0.2) is 17.0 Å². The number of para-hydroxylation sites is 1. The maximum atomic E-state index is 13.5. The summed E-state index contributed by atoms with van der Waals surface area (Å²) in [4.78, 5) is 22.7. The number of nitrogens with one attached hydrogen (secondary N) is 1. The van der Waals surface area contributed by atoms with Gasteiger partial charge in [0.25, 0.3) is 0 Å². The van der Waals surface area contributed by atoms with Gasteiger partial charge in [-0.3, -0.25) is 9.59 Å². The number of amides is 1. The monoisotopic (exact) mass is 251 g/mol. The molecule has 1 saturated carbocycles. The number of anilines is 1. The Morgan fingerprint density at radius 1 is 1.33 bits per heavy atom. The van der Waals surface area contributed by atoms with E-state index in [-0.39, 0.29) is 5.69 Å². The van der Waals surface area contributed by atoms with Crippen molar-refractivity contribution in [2.45, 2.75) is 19.8 Å².